The van der Waals surface area contributed by atoms with Crippen LogP contribution in [0.1, 0.15) is 18.1 Å². The molecule has 6 nitrogen and oxygen atoms in total. The number of methoxy groups -OCH3 is 1. The molecule has 0 bridgehead atoms. The van der Waals surface area contributed by atoms with Crippen LogP contribution in [0.15, 0.2) is 47.4 Å². The molecule has 1 atom stereocenters. The topological polar surface area (TPSA) is 81.5 Å². The minimum atomic E-state index is -0.440. The number of aryl methyl sites for hydroxylation is 1. The monoisotopic (exact) mass is 374 g/mol. The van der Waals surface area contributed by atoms with E-state index in [9.17, 15) is 14.9 Å². The zero-order chi connectivity index (χ0) is 19.1. The van der Waals surface area contributed by atoms with Gasteiger partial charge in [0, 0.05) is 23.6 Å². The summed E-state index contributed by atoms with van der Waals surface area (Å²) in [4.78, 5) is 23.3. The van der Waals surface area contributed by atoms with Gasteiger partial charge in [-0.25, -0.2) is 0 Å². The van der Waals surface area contributed by atoms with E-state index in [0.29, 0.717) is 13.0 Å². The van der Waals surface area contributed by atoms with Gasteiger partial charge >= 0.3 is 0 Å². The van der Waals surface area contributed by atoms with Gasteiger partial charge in [0.1, 0.15) is 5.75 Å². The van der Waals surface area contributed by atoms with Gasteiger partial charge in [0.2, 0.25) is 5.91 Å². The first-order valence-electron chi connectivity index (χ1n) is 8.23. The lowest BCUT2D eigenvalue weighted by Gasteiger charge is -2.13. The van der Waals surface area contributed by atoms with Crippen LogP contribution in [-0.4, -0.2) is 29.7 Å². The molecule has 26 heavy (non-hydrogen) atoms. The van der Waals surface area contributed by atoms with Crippen molar-refractivity contribution in [2.24, 2.45) is 0 Å². The molecule has 1 unspecified atom stereocenters. The van der Waals surface area contributed by atoms with Gasteiger partial charge in [0.05, 0.1) is 17.3 Å². The quantitative estimate of drug-likeness (QED) is 0.432. The first-order valence-corrected chi connectivity index (χ1v) is 9.11. The van der Waals surface area contributed by atoms with E-state index in [1.54, 1.807) is 19.2 Å². The number of nitro benzene ring substituents is 1. The van der Waals surface area contributed by atoms with Crippen molar-refractivity contribution in [1.29, 1.82) is 0 Å². The molecule has 138 valence electrons. The van der Waals surface area contributed by atoms with Crippen molar-refractivity contribution in [3.05, 3.63) is 63.7 Å². The molecule has 0 spiro atoms. The number of hydrogen-bond donors (Lipinski definition) is 1. The molecule has 0 aliphatic carbocycles. The van der Waals surface area contributed by atoms with Crippen LogP contribution in [0.4, 0.5) is 5.69 Å². The van der Waals surface area contributed by atoms with E-state index in [0.717, 1.165) is 21.8 Å². The van der Waals surface area contributed by atoms with E-state index < -0.39 is 4.92 Å². The number of benzene rings is 2. The predicted octanol–water partition coefficient (Wildman–Crippen LogP) is 3.75. The second-order valence-electron chi connectivity index (χ2n) is 5.87. The molecule has 0 heterocycles. The van der Waals surface area contributed by atoms with Gasteiger partial charge < -0.3 is 10.1 Å². The van der Waals surface area contributed by atoms with Gasteiger partial charge in [0.15, 0.2) is 0 Å². The molecule has 7 heteroatoms. The van der Waals surface area contributed by atoms with Gasteiger partial charge in [0.25, 0.3) is 5.69 Å². The van der Waals surface area contributed by atoms with Crippen LogP contribution in [0.25, 0.3) is 0 Å². The second-order valence-corrected chi connectivity index (χ2v) is 7.28. The van der Waals surface area contributed by atoms with Crippen LogP contribution in [0.2, 0.25) is 0 Å². The lowest BCUT2D eigenvalue weighted by atomic mass is 10.1. The number of rotatable bonds is 8. The summed E-state index contributed by atoms with van der Waals surface area (Å²) in [7, 11) is 1.63. The summed E-state index contributed by atoms with van der Waals surface area (Å²) < 4.78 is 5.35. The Morgan fingerprint density at radius 1 is 1.27 bits per heavy atom. The molecule has 0 aromatic heterocycles. The molecule has 0 aliphatic rings. The Kier molecular flexibility index (Phi) is 7.03. The summed E-state index contributed by atoms with van der Waals surface area (Å²) in [5.41, 5.74) is 2.25. The van der Waals surface area contributed by atoms with Crippen molar-refractivity contribution < 1.29 is 14.5 Å². The first kappa shape index (κ1) is 19.8. The van der Waals surface area contributed by atoms with Crippen LogP contribution in [0.5, 0.6) is 5.75 Å². The largest absolute Gasteiger partial charge is 0.496 e. The SMILES string of the molecule is COc1ccc(C)cc1CCNC(=O)C(C)Sc1ccc([N+](=O)[O-])cc1. The summed E-state index contributed by atoms with van der Waals surface area (Å²) in [6.45, 7) is 4.35. The first-order chi connectivity index (χ1) is 12.4. The second kappa shape index (κ2) is 9.24. The van der Waals surface area contributed by atoms with Crippen LogP contribution in [-0.2, 0) is 11.2 Å². The number of thioether (sulfide) groups is 1. The number of non-ortho nitro benzene ring substituents is 1. The Morgan fingerprint density at radius 3 is 2.58 bits per heavy atom. The number of hydrogen-bond acceptors (Lipinski definition) is 5. The highest BCUT2D eigenvalue weighted by Crippen LogP contribution is 2.25. The fourth-order valence-corrected chi connectivity index (χ4v) is 3.36. The zero-order valence-electron chi connectivity index (χ0n) is 15.0. The van der Waals surface area contributed by atoms with Crippen molar-refractivity contribution in [3.63, 3.8) is 0 Å². The number of carbonyl (C=O) groups is 1. The van der Waals surface area contributed by atoms with Crippen LogP contribution < -0.4 is 10.1 Å². The fraction of sp³-hybridized carbons (Fsp3) is 0.316. The van der Waals surface area contributed by atoms with E-state index in [1.807, 2.05) is 26.0 Å². The average Bonchev–Trinajstić information content (AvgIpc) is 2.62. The third kappa shape index (κ3) is 5.49. The smallest absolute Gasteiger partial charge is 0.269 e. The van der Waals surface area contributed by atoms with Gasteiger partial charge in [-0.15, -0.1) is 11.8 Å². The molecule has 0 saturated carbocycles. The third-order valence-electron chi connectivity index (χ3n) is 3.86. The standard InChI is InChI=1S/C19H22N2O4S/c1-13-4-9-18(25-3)15(12-13)10-11-20-19(22)14(2)26-17-7-5-16(6-8-17)21(23)24/h4-9,12,14H,10-11H2,1-3H3,(H,20,22). The Labute approximate surface area is 157 Å². The highest BCUT2D eigenvalue weighted by atomic mass is 32.2. The fourth-order valence-electron chi connectivity index (χ4n) is 2.47. The van der Waals surface area contributed by atoms with Crippen molar-refractivity contribution in [3.8, 4) is 5.75 Å². The highest BCUT2D eigenvalue weighted by molar-refractivity contribution is 8.00. The summed E-state index contributed by atoms with van der Waals surface area (Å²) in [5, 5.41) is 13.3. The maximum atomic E-state index is 12.3. The molecule has 1 amide bonds. The maximum absolute atomic E-state index is 12.3. The van der Waals surface area contributed by atoms with Crippen LogP contribution in [0, 0.1) is 17.0 Å². The summed E-state index contributed by atoms with van der Waals surface area (Å²) in [5.74, 6) is 0.748. The minimum absolute atomic E-state index is 0.0403. The maximum Gasteiger partial charge on any atom is 0.269 e. The van der Waals surface area contributed by atoms with E-state index in [1.165, 1.54) is 23.9 Å². The molecule has 2 rings (SSSR count). The summed E-state index contributed by atoms with van der Waals surface area (Å²) >= 11 is 1.37. The Balaban J connectivity index is 1.85. The lowest BCUT2D eigenvalue weighted by molar-refractivity contribution is -0.384. The number of ether oxygens (including phenoxy) is 1. The molecule has 0 fully saturated rings. The van der Waals surface area contributed by atoms with Crippen molar-refractivity contribution >= 4 is 23.4 Å². The predicted molar refractivity (Wildman–Crippen MR) is 103 cm³/mol. The Morgan fingerprint density at radius 2 is 1.96 bits per heavy atom. The van der Waals surface area contributed by atoms with Crippen molar-refractivity contribution in [2.75, 3.05) is 13.7 Å². The van der Waals surface area contributed by atoms with E-state index >= 15 is 0 Å². The van der Waals surface area contributed by atoms with E-state index in [2.05, 4.69) is 11.4 Å². The van der Waals surface area contributed by atoms with Gasteiger partial charge in [-0.05, 0) is 44.0 Å². The van der Waals surface area contributed by atoms with E-state index in [-0.39, 0.29) is 16.8 Å². The molecular formula is C19H22N2O4S. The number of amides is 1. The molecule has 0 radical (unpaired) electrons. The molecule has 1 N–H and O–H groups in total. The van der Waals surface area contributed by atoms with Crippen LogP contribution >= 0.6 is 11.8 Å². The number of nitro groups is 1. The van der Waals surface area contributed by atoms with Crippen molar-refractivity contribution in [2.45, 2.75) is 30.4 Å². The molecule has 2 aromatic carbocycles. The normalized spacial score (nSPS) is 11.7. The minimum Gasteiger partial charge on any atom is -0.496 e. The zero-order valence-corrected chi connectivity index (χ0v) is 15.8. The molecule has 0 saturated heterocycles. The highest BCUT2D eigenvalue weighted by Gasteiger charge is 2.15. The number of carbonyl (C=O) groups excluding carboxylic acids is 1. The Hall–Kier alpha value is -2.54. The van der Waals surface area contributed by atoms with Gasteiger partial charge in [-0.3, -0.25) is 14.9 Å². The summed E-state index contributed by atoms with van der Waals surface area (Å²) in [6.07, 6.45) is 0.686. The Bertz CT molecular complexity index is 778. The lowest BCUT2D eigenvalue weighted by Crippen LogP contribution is -2.32. The average molecular weight is 374 g/mol. The summed E-state index contributed by atoms with van der Waals surface area (Å²) in [6, 6.07) is 12.2. The number of nitrogens with one attached hydrogen (secondary N) is 1. The third-order valence-corrected chi connectivity index (χ3v) is 4.97. The van der Waals surface area contributed by atoms with Gasteiger partial charge in [-0.2, -0.15) is 0 Å². The molecular weight excluding hydrogens is 352 g/mol. The van der Waals surface area contributed by atoms with Crippen LogP contribution in [0.3, 0.4) is 0 Å². The molecule has 2 aromatic rings. The van der Waals surface area contributed by atoms with Crippen molar-refractivity contribution in [1.82, 2.24) is 5.32 Å². The van der Waals surface area contributed by atoms with E-state index in [4.69, 9.17) is 4.74 Å². The number of nitrogens with zero attached hydrogens (tertiary/aromatic N) is 1. The molecule has 0 aliphatic heterocycles. The van der Waals surface area contributed by atoms with Gasteiger partial charge in [-0.1, -0.05) is 17.7 Å².